The van der Waals surface area contributed by atoms with Crippen LogP contribution in [0.5, 0.6) is 5.75 Å². The standard InChI is InChI=1S/C48H73N5O11S2/c1-10-14-44(58)63-29-53(47(60)37(31(5)11-2)25-41(56)39-15-12-13-20-52(39)8)40(30(3)4)26-43(64-33(7)54)46-51-38(28-66-46)45(59)50-35(24-34-16-18-36(55)19-17-34)23-32(6)42(57)27-49-48(61)62-21-22-65-9/h16-19,28,30-32,35,37,39-40,43,55H,10-15,20-27,29H2,1-9H3,(H,49,61)(H,50,59)/t31?,32-,35+,37-,39+,40+,43+/m0/s1. The van der Waals surface area contributed by atoms with Gasteiger partial charge in [-0.15, -0.1) is 11.3 Å². The highest BCUT2D eigenvalue weighted by Crippen LogP contribution is 2.34. The van der Waals surface area contributed by atoms with E-state index in [1.54, 1.807) is 24.4 Å². The van der Waals surface area contributed by atoms with Crippen LogP contribution in [-0.4, -0.2) is 125 Å². The largest absolute Gasteiger partial charge is 0.508 e. The number of carbonyl (C=O) groups is 7. The van der Waals surface area contributed by atoms with Crippen LogP contribution in [0.3, 0.4) is 0 Å². The molecule has 1 aliphatic heterocycles. The van der Waals surface area contributed by atoms with E-state index in [1.807, 2.05) is 47.9 Å². The van der Waals surface area contributed by atoms with Gasteiger partial charge in [0.25, 0.3) is 5.91 Å². The number of piperidine rings is 1. The summed E-state index contributed by atoms with van der Waals surface area (Å²) >= 11 is 2.64. The Hall–Kier alpha value is -4.55. The average molecular weight is 960 g/mol. The first-order valence-electron chi connectivity index (χ1n) is 23.2. The molecule has 18 heteroatoms. The van der Waals surface area contributed by atoms with Crippen molar-refractivity contribution in [1.82, 2.24) is 25.4 Å². The minimum absolute atomic E-state index is 0.00811. The van der Waals surface area contributed by atoms with Gasteiger partial charge in [-0.05, 0) is 81.5 Å². The number of aromatic hydroxyl groups is 1. The number of phenolic OH excluding ortho intramolecular Hbond substituents is 1. The van der Waals surface area contributed by atoms with Gasteiger partial charge in [0.2, 0.25) is 5.91 Å². The number of likely N-dealkylation sites (tertiary alicyclic amines) is 1. The Balaban J connectivity index is 1.92. The molecular weight excluding hydrogens is 887 g/mol. The summed E-state index contributed by atoms with van der Waals surface area (Å²) in [6.07, 6.45) is 4.83. The molecule has 1 aromatic carbocycles. The van der Waals surface area contributed by atoms with Gasteiger partial charge in [0.15, 0.2) is 24.4 Å². The highest BCUT2D eigenvalue weighted by molar-refractivity contribution is 7.98. The number of ketones is 2. The number of hydrogen-bond donors (Lipinski definition) is 3. The topological polar surface area (TPSA) is 211 Å². The molecule has 3 rings (SSSR count). The Kier molecular flexibility index (Phi) is 24.2. The summed E-state index contributed by atoms with van der Waals surface area (Å²) in [7, 11) is 1.94. The third kappa shape index (κ3) is 18.3. The van der Waals surface area contributed by atoms with Crippen LogP contribution < -0.4 is 10.6 Å². The first-order chi connectivity index (χ1) is 31.4. The number of likely N-dealkylation sites (N-methyl/N-ethyl adjacent to an activating group) is 1. The van der Waals surface area contributed by atoms with E-state index < -0.39 is 54.0 Å². The number of thioether (sulfide) groups is 1. The van der Waals surface area contributed by atoms with E-state index in [4.69, 9.17) is 14.2 Å². The zero-order chi connectivity index (χ0) is 48.9. The van der Waals surface area contributed by atoms with E-state index in [9.17, 15) is 38.7 Å². The molecular formula is C48H73N5O11S2. The Morgan fingerprint density at radius 3 is 2.35 bits per heavy atom. The Morgan fingerprint density at radius 2 is 1.73 bits per heavy atom. The first-order valence-corrected chi connectivity index (χ1v) is 25.5. The number of aromatic nitrogens is 1. The van der Waals surface area contributed by atoms with Crippen molar-refractivity contribution < 1.29 is 52.9 Å². The molecule has 3 amide bonds. The molecule has 1 unspecified atom stereocenters. The van der Waals surface area contributed by atoms with Crippen molar-refractivity contribution in [3.05, 3.63) is 45.9 Å². The molecule has 1 saturated heterocycles. The zero-order valence-electron chi connectivity index (χ0n) is 40.3. The molecule has 0 saturated carbocycles. The molecule has 1 aliphatic rings. The lowest BCUT2D eigenvalue weighted by molar-refractivity contribution is -0.161. The third-order valence-corrected chi connectivity index (χ3v) is 13.7. The van der Waals surface area contributed by atoms with Crippen LogP contribution in [0.2, 0.25) is 0 Å². The first kappa shape index (κ1) is 55.8. The molecule has 0 spiro atoms. The highest BCUT2D eigenvalue weighted by atomic mass is 32.2. The van der Waals surface area contributed by atoms with Crippen LogP contribution in [0.15, 0.2) is 29.6 Å². The average Bonchev–Trinajstić information content (AvgIpc) is 3.78. The molecule has 2 heterocycles. The molecule has 66 heavy (non-hydrogen) atoms. The number of nitrogens with one attached hydrogen (secondary N) is 2. The van der Waals surface area contributed by atoms with Gasteiger partial charge in [0.05, 0.1) is 12.6 Å². The third-order valence-electron chi connectivity index (χ3n) is 12.1. The quantitative estimate of drug-likeness (QED) is 0.0336. The van der Waals surface area contributed by atoms with E-state index in [0.717, 1.165) is 42.7 Å². The number of hydrogen-bond acceptors (Lipinski definition) is 15. The summed E-state index contributed by atoms with van der Waals surface area (Å²) in [5, 5.41) is 17.2. The highest BCUT2D eigenvalue weighted by Gasteiger charge is 2.40. The molecule has 3 N–H and O–H groups in total. The van der Waals surface area contributed by atoms with Crippen LogP contribution in [0.25, 0.3) is 0 Å². The number of alkyl carbamates (subject to hydrolysis) is 1. The summed E-state index contributed by atoms with van der Waals surface area (Å²) in [5.74, 6) is -3.17. The predicted molar refractivity (Wildman–Crippen MR) is 255 cm³/mol. The maximum absolute atomic E-state index is 14.9. The maximum atomic E-state index is 14.9. The number of Topliss-reactive ketones (excluding diaryl/α,β-unsaturated/α-hetero) is 2. The number of phenols is 1. The Labute approximate surface area is 399 Å². The number of ether oxygens (including phenoxy) is 3. The molecule has 1 aromatic heterocycles. The summed E-state index contributed by atoms with van der Waals surface area (Å²) in [6.45, 7) is 13.0. The second-order valence-corrected chi connectivity index (χ2v) is 19.6. The number of carbonyl (C=O) groups excluding carboxylic acids is 7. The monoisotopic (exact) mass is 959 g/mol. The number of amides is 3. The normalized spacial score (nSPS) is 16.8. The zero-order valence-corrected chi connectivity index (χ0v) is 41.9. The molecule has 1 fully saturated rings. The minimum atomic E-state index is -1.01. The summed E-state index contributed by atoms with van der Waals surface area (Å²) in [6, 6.07) is 5.00. The number of esters is 2. The molecule has 0 bridgehead atoms. The summed E-state index contributed by atoms with van der Waals surface area (Å²) < 4.78 is 16.7. The number of rotatable bonds is 28. The van der Waals surface area contributed by atoms with Crippen molar-refractivity contribution >= 4 is 64.5 Å². The van der Waals surface area contributed by atoms with Crippen molar-refractivity contribution in [2.24, 2.45) is 23.7 Å². The van der Waals surface area contributed by atoms with Crippen molar-refractivity contribution in [1.29, 1.82) is 0 Å². The van der Waals surface area contributed by atoms with Crippen LogP contribution in [0, 0.1) is 23.7 Å². The molecule has 0 radical (unpaired) electrons. The van der Waals surface area contributed by atoms with Gasteiger partial charge in [-0.3, -0.25) is 33.7 Å². The Bertz CT molecular complexity index is 1890. The van der Waals surface area contributed by atoms with Crippen LogP contribution in [0.1, 0.15) is 133 Å². The second-order valence-electron chi connectivity index (χ2n) is 17.7. The van der Waals surface area contributed by atoms with E-state index in [1.165, 1.54) is 35.7 Å². The van der Waals surface area contributed by atoms with Gasteiger partial charge >= 0.3 is 18.0 Å². The second kappa shape index (κ2) is 28.6. The van der Waals surface area contributed by atoms with Crippen molar-refractivity contribution in [2.75, 3.05) is 45.5 Å². The number of nitrogens with zero attached hydrogens (tertiary/aromatic N) is 3. The van der Waals surface area contributed by atoms with Gasteiger partial charge in [-0.1, -0.05) is 66.5 Å². The summed E-state index contributed by atoms with van der Waals surface area (Å²) in [4.78, 5) is 102. The fraction of sp³-hybridized carbons (Fsp3) is 0.667. The van der Waals surface area contributed by atoms with Gasteiger partial charge in [-0.2, -0.15) is 11.8 Å². The van der Waals surface area contributed by atoms with Crippen molar-refractivity contribution in [3.8, 4) is 5.75 Å². The maximum Gasteiger partial charge on any atom is 0.407 e. The van der Waals surface area contributed by atoms with Crippen molar-refractivity contribution in [2.45, 2.75) is 137 Å². The fourth-order valence-electron chi connectivity index (χ4n) is 8.05. The van der Waals surface area contributed by atoms with Gasteiger partial charge in [0, 0.05) is 61.2 Å². The summed E-state index contributed by atoms with van der Waals surface area (Å²) in [5.41, 5.74) is 0.838. The number of thiazole rings is 1. The van der Waals surface area contributed by atoms with E-state index >= 15 is 0 Å². The van der Waals surface area contributed by atoms with Crippen LogP contribution in [0.4, 0.5) is 4.79 Å². The predicted octanol–water partition coefficient (Wildman–Crippen LogP) is 7.13. The number of benzene rings is 1. The van der Waals surface area contributed by atoms with Gasteiger partial charge in [-0.25, -0.2) is 9.78 Å². The smallest absolute Gasteiger partial charge is 0.407 e. The van der Waals surface area contributed by atoms with Crippen LogP contribution >= 0.6 is 23.1 Å². The van der Waals surface area contributed by atoms with E-state index in [-0.39, 0.29) is 92.4 Å². The SMILES string of the molecule is CCCC(=O)OCN(C(=O)[C@@H](CC(=O)[C@H]1CCCCN1C)C(C)CC)[C@H](C[C@@H](OC(C)=O)c1nc(C(=O)N[C@@H](Cc2ccc(O)cc2)C[C@H](C)C(=O)CNC(=O)OCCSC)cs1)C(C)C. The lowest BCUT2D eigenvalue weighted by Gasteiger charge is -2.39. The molecule has 0 aliphatic carbocycles. The molecule has 7 atom stereocenters. The van der Waals surface area contributed by atoms with Gasteiger partial charge < -0.3 is 34.9 Å². The Morgan fingerprint density at radius 1 is 1.02 bits per heavy atom. The van der Waals surface area contributed by atoms with E-state index in [0.29, 0.717) is 30.0 Å². The minimum Gasteiger partial charge on any atom is -0.508 e. The molecule has 2 aromatic rings. The molecule has 16 nitrogen and oxygen atoms in total. The van der Waals surface area contributed by atoms with E-state index in [2.05, 4.69) is 20.5 Å². The van der Waals surface area contributed by atoms with Crippen LogP contribution in [-0.2, 0) is 44.6 Å². The van der Waals surface area contributed by atoms with Crippen molar-refractivity contribution in [3.63, 3.8) is 0 Å². The molecule has 368 valence electrons. The fourth-order valence-corrected chi connectivity index (χ4v) is 9.14. The lowest BCUT2D eigenvalue weighted by Crippen LogP contribution is -2.50. The lowest BCUT2D eigenvalue weighted by atomic mass is 9.82. The van der Waals surface area contributed by atoms with Gasteiger partial charge in [0.1, 0.15) is 23.1 Å².